The molecule has 104 valence electrons. The van der Waals surface area contributed by atoms with Crippen molar-refractivity contribution in [2.75, 3.05) is 13.7 Å². The molecule has 1 amide bonds. The first-order chi connectivity index (χ1) is 9.22. The molecule has 2 rings (SSSR count). The number of ether oxygens (including phenoxy) is 2. The molecule has 1 aromatic carbocycles. The SMILES string of the molecule is COC1OCCCC1N(Cc1ccccc1)C(C)=O. The molecule has 0 radical (unpaired) electrons. The Bertz CT molecular complexity index is 407. The predicted molar refractivity (Wildman–Crippen MR) is 72.4 cm³/mol. The third-order valence-corrected chi connectivity index (χ3v) is 3.47. The summed E-state index contributed by atoms with van der Waals surface area (Å²) in [5.74, 6) is 0.0569. The quantitative estimate of drug-likeness (QED) is 0.836. The Morgan fingerprint density at radius 1 is 1.42 bits per heavy atom. The summed E-state index contributed by atoms with van der Waals surface area (Å²) in [7, 11) is 1.63. The highest BCUT2D eigenvalue weighted by molar-refractivity contribution is 5.73. The van der Waals surface area contributed by atoms with Crippen LogP contribution in [-0.2, 0) is 20.8 Å². The van der Waals surface area contributed by atoms with Gasteiger partial charge in [-0.1, -0.05) is 30.3 Å². The second-order valence-electron chi connectivity index (χ2n) is 4.82. The summed E-state index contributed by atoms with van der Waals surface area (Å²) in [4.78, 5) is 13.8. The fraction of sp³-hybridized carbons (Fsp3) is 0.533. The molecule has 0 bridgehead atoms. The number of hydrogen-bond donors (Lipinski definition) is 0. The molecule has 1 aliphatic heterocycles. The molecule has 0 spiro atoms. The van der Waals surface area contributed by atoms with Crippen molar-refractivity contribution in [2.24, 2.45) is 0 Å². The van der Waals surface area contributed by atoms with Crippen molar-refractivity contribution in [3.05, 3.63) is 35.9 Å². The maximum Gasteiger partial charge on any atom is 0.220 e. The van der Waals surface area contributed by atoms with Gasteiger partial charge in [-0.3, -0.25) is 4.79 Å². The van der Waals surface area contributed by atoms with Gasteiger partial charge in [0.2, 0.25) is 5.91 Å². The predicted octanol–water partition coefficient (Wildman–Crippen LogP) is 2.19. The molecule has 2 atom stereocenters. The molecule has 1 fully saturated rings. The highest BCUT2D eigenvalue weighted by atomic mass is 16.7. The van der Waals surface area contributed by atoms with E-state index in [-0.39, 0.29) is 18.2 Å². The lowest BCUT2D eigenvalue weighted by Gasteiger charge is -2.38. The van der Waals surface area contributed by atoms with Crippen molar-refractivity contribution < 1.29 is 14.3 Å². The van der Waals surface area contributed by atoms with Crippen LogP contribution in [0.3, 0.4) is 0 Å². The van der Waals surface area contributed by atoms with Crippen molar-refractivity contribution in [1.82, 2.24) is 4.90 Å². The van der Waals surface area contributed by atoms with Crippen LogP contribution in [0.5, 0.6) is 0 Å². The number of carbonyl (C=O) groups excluding carboxylic acids is 1. The van der Waals surface area contributed by atoms with Gasteiger partial charge in [0.25, 0.3) is 0 Å². The second kappa shape index (κ2) is 6.68. The van der Waals surface area contributed by atoms with Gasteiger partial charge >= 0.3 is 0 Å². The van der Waals surface area contributed by atoms with Crippen molar-refractivity contribution >= 4 is 5.91 Å². The molecular weight excluding hydrogens is 242 g/mol. The summed E-state index contributed by atoms with van der Waals surface area (Å²) in [6.45, 7) is 2.90. The molecule has 2 unspecified atom stereocenters. The van der Waals surface area contributed by atoms with E-state index < -0.39 is 0 Å². The van der Waals surface area contributed by atoms with Gasteiger partial charge in [-0.05, 0) is 18.4 Å². The molecule has 0 N–H and O–H groups in total. The van der Waals surface area contributed by atoms with E-state index in [0.29, 0.717) is 13.2 Å². The smallest absolute Gasteiger partial charge is 0.220 e. The Balaban J connectivity index is 2.12. The maximum absolute atomic E-state index is 11.9. The number of nitrogens with zero attached hydrogens (tertiary/aromatic N) is 1. The van der Waals surface area contributed by atoms with Gasteiger partial charge in [0, 0.05) is 27.2 Å². The normalized spacial score (nSPS) is 23.1. The van der Waals surface area contributed by atoms with Crippen LogP contribution in [0.1, 0.15) is 25.3 Å². The van der Waals surface area contributed by atoms with E-state index in [1.165, 1.54) is 0 Å². The molecule has 0 saturated carbocycles. The van der Waals surface area contributed by atoms with Crippen LogP contribution in [-0.4, -0.2) is 36.9 Å². The van der Waals surface area contributed by atoms with Crippen LogP contribution in [0.4, 0.5) is 0 Å². The van der Waals surface area contributed by atoms with Crippen LogP contribution in [0.2, 0.25) is 0 Å². The highest BCUT2D eigenvalue weighted by Crippen LogP contribution is 2.22. The average Bonchev–Trinajstić information content (AvgIpc) is 2.45. The molecular formula is C15H21NO3. The van der Waals surface area contributed by atoms with E-state index in [0.717, 1.165) is 18.4 Å². The Labute approximate surface area is 114 Å². The van der Waals surface area contributed by atoms with Crippen LogP contribution in [0, 0.1) is 0 Å². The molecule has 1 heterocycles. The van der Waals surface area contributed by atoms with Gasteiger partial charge in [0.1, 0.15) is 0 Å². The summed E-state index contributed by atoms with van der Waals surface area (Å²) in [5, 5.41) is 0. The molecule has 0 aliphatic carbocycles. The lowest BCUT2D eigenvalue weighted by Crippen LogP contribution is -2.49. The maximum atomic E-state index is 11.9. The minimum atomic E-state index is -0.318. The Kier molecular flexibility index (Phi) is 4.93. The number of amides is 1. The van der Waals surface area contributed by atoms with Crippen molar-refractivity contribution in [2.45, 2.75) is 38.6 Å². The Morgan fingerprint density at radius 2 is 2.16 bits per heavy atom. The van der Waals surface area contributed by atoms with Crippen LogP contribution in [0.25, 0.3) is 0 Å². The first-order valence-corrected chi connectivity index (χ1v) is 6.68. The van der Waals surface area contributed by atoms with E-state index in [1.807, 2.05) is 35.2 Å². The minimum Gasteiger partial charge on any atom is -0.354 e. The monoisotopic (exact) mass is 263 g/mol. The first kappa shape index (κ1) is 14.0. The van der Waals surface area contributed by atoms with Crippen molar-refractivity contribution in [3.8, 4) is 0 Å². The molecule has 1 saturated heterocycles. The van der Waals surface area contributed by atoms with Gasteiger partial charge in [-0.15, -0.1) is 0 Å². The van der Waals surface area contributed by atoms with E-state index >= 15 is 0 Å². The molecule has 4 heteroatoms. The average molecular weight is 263 g/mol. The highest BCUT2D eigenvalue weighted by Gasteiger charge is 2.32. The number of hydrogen-bond acceptors (Lipinski definition) is 3. The van der Waals surface area contributed by atoms with Gasteiger partial charge in [-0.25, -0.2) is 0 Å². The zero-order valence-electron chi connectivity index (χ0n) is 11.5. The molecule has 1 aliphatic rings. The number of carbonyl (C=O) groups is 1. The zero-order chi connectivity index (χ0) is 13.7. The fourth-order valence-electron chi connectivity index (χ4n) is 2.51. The van der Waals surface area contributed by atoms with Crippen molar-refractivity contribution in [1.29, 1.82) is 0 Å². The Hall–Kier alpha value is -1.39. The molecule has 1 aromatic rings. The van der Waals surface area contributed by atoms with Gasteiger partial charge < -0.3 is 14.4 Å². The van der Waals surface area contributed by atoms with Crippen LogP contribution in [0.15, 0.2) is 30.3 Å². The third kappa shape index (κ3) is 3.55. The largest absolute Gasteiger partial charge is 0.354 e. The summed E-state index contributed by atoms with van der Waals surface area (Å²) < 4.78 is 10.9. The van der Waals surface area contributed by atoms with Crippen LogP contribution >= 0.6 is 0 Å². The van der Waals surface area contributed by atoms with E-state index in [2.05, 4.69) is 0 Å². The zero-order valence-corrected chi connectivity index (χ0v) is 11.5. The Morgan fingerprint density at radius 3 is 2.79 bits per heavy atom. The fourth-order valence-corrected chi connectivity index (χ4v) is 2.51. The lowest BCUT2D eigenvalue weighted by molar-refractivity contribution is -0.190. The lowest BCUT2D eigenvalue weighted by atomic mass is 10.1. The summed E-state index contributed by atoms with van der Waals surface area (Å²) >= 11 is 0. The second-order valence-corrected chi connectivity index (χ2v) is 4.82. The van der Waals surface area contributed by atoms with E-state index in [9.17, 15) is 4.79 Å². The standard InChI is InChI=1S/C15H21NO3/c1-12(17)16(11-13-7-4-3-5-8-13)14-9-6-10-19-15(14)18-2/h3-5,7-8,14-15H,6,9-11H2,1-2H3. The molecule has 4 nitrogen and oxygen atoms in total. The molecule has 19 heavy (non-hydrogen) atoms. The number of rotatable bonds is 4. The van der Waals surface area contributed by atoms with Gasteiger partial charge in [0.05, 0.1) is 6.04 Å². The van der Waals surface area contributed by atoms with Crippen molar-refractivity contribution in [3.63, 3.8) is 0 Å². The summed E-state index contributed by atoms with van der Waals surface area (Å²) in [6.07, 6.45) is 1.56. The third-order valence-electron chi connectivity index (χ3n) is 3.47. The van der Waals surface area contributed by atoms with Crippen LogP contribution < -0.4 is 0 Å². The van der Waals surface area contributed by atoms with E-state index in [1.54, 1.807) is 14.0 Å². The number of benzene rings is 1. The first-order valence-electron chi connectivity index (χ1n) is 6.68. The topological polar surface area (TPSA) is 38.8 Å². The van der Waals surface area contributed by atoms with Gasteiger partial charge in [-0.2, -0.15) is 0 Å². The number of methoxy groups -OCH3 is 1. The summed E-state index contributed by atoms with van der Waals surface area (Å²) in [5.41, 5.74) is 1.12. The summed E-state index contributed by atoms with van der Waals surface area (Å²) in [6, 6.07) is 10.0. The minimum absolute atomic E-state index is 0.00328. The van der Waals surface area contributed by atoms with E-state index in [4.69, 9.17) is 9.47 Å². The molecule has 0 aromatic heterocycles. The van der Waals surface area contributed by atoms with Gasteiger partial charge in [0.15, 0.2) is 6.29 Å².